The molecule has 1 N–H and O–H groups in total. The van der Waals surface area contributed by atoms with Gasteiger partial charge in [-0.2, -0.15) is 0 Å². The molecule has 2 aromatic rings. The highest BCUT2D eigenvalue weighted by molar-refractivity contribution is 8.14. The third-order valence-electron chi connectivity index (χ3n) is 5.46. The van der Waals surface area contributed by atoms with E-state index in [0.29, 0.717) is 28.9 Å². The van der Waals surface area contributed by atoms with Crippen molar-refractivity contribution in [3.8, 4) is 17.2 Å². The number of H-pyrrole nitrogens is 1. The molecule has 2 aliphatic rings. The fourth-order valence-corrected chi connectivity index (χ4v) is 5.31. The summed E-state index contributed by atoms with van der Waals surface area (Å²) in [5.41, 5.74) is 1.45. The number of thioether (sulfide) groups is 1. The van der Waals surface area contributed by atoms with Crippen LogP contribution in [0, 0.1) is 0 Å². The second kappa shape index (κ2) is 7.58. The van der Waals surface area contributed by atoms with E-state index in [1.807, 2.05) is 23.7 Å². The lowest BCUT2D eigenvalue weighted by molar-refractivity contribution is 0.322. The zero-order valence-corrected chi connectivity index (χ0v) is 17.4. The third-order valence-corrected chi connectivity index (χ3v) is 6.61. The fraction of sp³-hybridized carbons (Fsp3) is 0.500. The Bertz CT molecular complexity index is 973. The first-order valence-corrected chi connectivity index (χ1v) is 10.3. The summed E-state index contributed by atoms with van der Waals surface area (Å²) in [5, 5.41) is 3.74. The van der Waals surface area contributed by atoms with E-state index in [-0.39, 0.29) is 10.8 Å². The maximum Gasteiger partial charge on any atom is 0.271 e. The Morgan fingerprint density at radius 1 is 1.11 bits per heavy atom. The Morgan fingerprint density at radius 3 is 2.46 bits per heavy atom. The predicted octanol–water partition coefficient (Wildman–Crippen LogP) is 4.20. The van der Waals surface area contributed by atoms with E-state index in [4.69, 9.17) is 19.2 Å². The molecule has 1 atom stereocenters. The molecule has 0 unspecified atom stereocenters. The van der Waals surface area contributed by atoms with Crippen LogP contribution < -0.4 is 19.8 Å². The average molecular weight is 404 g/mol. The van der Waals surface area contributed by atoms with Crippen LogP contribution >= 0.6 is 11.8 Å². The lowest BCUT2D eigenvalue weighted by Crippen LogP contribution is -2.14. The number of hydrogen-bond donors (Lipinski definition) is 1. The normalized spacial score (nSPS) is 19.3. The van der Waals surface area contributed by atoms with Crippen molar-refractivity contribution in [3.63, 3.8) is 0 Å². The van der Waals surface area contributed by atoms with Crippen LogP contribution in [0.4, 0.5) is 5.82 Å². The van der Waals surface area contributed by atoms with Gasteiger partial charge < -0.3 is 14.2 Å². The second-order valence-corrected chi connectivity index (χ2v) is 8.34. The quantitative estimate of drug-likeness (QED) is 0.809. The van der Waals surface area contributed by atoms with Crippen molar-refractivity contribution < 1.29 is 14.2 Å². The van der Waals surface area contributed by atoms with Gasteiger partial charge in [-0.1, -0.05) is 24.6 Å². The number of hydrogen-bond acceptors (Lipinski definition) is 6. The Balaban J connectivity index is 1.88. The van der Waals surface area contributed by atoms with Crippen LogP contribution in [0.3, 0.4) is 0 Å². The molecule has 28 heavy (non-hydrogen) atoms. The van der Waals surface area contributed by atoms with Gasteiger partial charge >= 0.3 is 0 Å². The number of methoxy groups -OCH3 is 3. The first-order chi connectivity index (χ1) is 13.6. The number of fused-ring (bicyclic) bond motifs is 1. The maximum atomic E-state index is 13.0. The van der Waals surface area contributed by atoms with Gasteiger partial charge in [-0.05, 0) is 31.9 Å². The van der Waals surface area contributed by atoms with E-state index >= 15 is 0 Å². The molecule has 0 amide bonds. The molecular formula is C20H25N3O4S. The molecule has 0 spiro atoms. The molecule has 1 saturated carbocycles. The van der Waals surface area contributed by atoms with E-state index < -0.39 is 0 Å². The third kappa shape index (κ3) is 2.99. The van der Waals surface area contributed by atoms with Crippen molar-refractivity contribution in [1.29, 1.82) is 0 Å². The van der Waals surface area contributed by atoms with Gasteiger partial charge in [0.25, 0.3) is 5.56 Å². The van der Waals surface area contributed by atoms with E-state index in [2.05, 4.69) is 5.10 Å². The Morgan fingerprint density at radius 2 is 1.82 bits per heavy atom. The molecule has 0 saturated heterocycles. The van der Waals surface area contributed by atoms with Gasteiger partial charge in [0.1, 0.15) is 0 Å². The number of rotatable bonds is 5. The number of benzene rings is 1. The monoisotopic (exact) mass is 403 g/mol. The van der Waals surface area contributed by atoms with Crippen molar-refractivity contribution in [2.24, 2.45) is 4.99 Å². The van der Waals surface area contributed by atoms with Gasteiger partial charge in [0.2, 0.25) is 5.75 Å². The molecule has 0 bridgehead atoms. The van der Waals surface area contributed by atoms with Gasteiger partial charge in [0.05, 0.1) is 43.2 Å². The average Bonchev–Trinajstić information content (AvgIpc) is 3.34. The van der Waals surface area contributed by atoms with Gasteiger partial charge in [-0.3, -0.25) is 14.6 Å². The van der Waals surface area contributed by atoms with Gasteiger partial charge in [0.15, 0.2) is 17.3 Å². The molecular weight excluding hydrogens is 378 g/mol. The van der Waals surface area contributed by atoms with Crippen LogP contribution in [-0.2, 0) is 0 Å². The number of aromatic amines is 1. The SMILES string of the molecule is COc1ccc([C@@H]2SC(C)=Nc3c2c(=O)[nH]n3C2CCCC2)c(OC)c1OC. The molecule has 1 aliphatic heterocycles. The lowest BCUT2D eigenvalue weighted by Gasteiger charge is -2.24. The maximum absolute atomic E-state index is 13.0. The number of ether oxygens (including phenoxy) is 3. The first kappa shape index (κ1) is 19.0. The summed E-state index contributed by atoms with van der Waals surface area (Å²) in [5.74, 6) is 2.44. The zero-order chi connectivity index (χ0) is 19.8. The van der Waals surface area contributed by atoms with E-state index in [1.54, 1.807) is 33.1 Å². The van der Waals surface area contributed by atoms with Gasteiger partial charge in [0, 0.05) is 5.56 Å². The van der Waals surface area contributed by atoms with Crippen molar-refractivity contribution in [1.82, 2.24) is 9.78 Å². The summed E-state index contributed by atoms with van der Waals surface area (Å²) >= 11 is 1.55. The summed E-state index contributed by atoms with van der Waals surface area (Å²) < 4.78 is 18.6. The topological polar surface area (TPSA) is 77.8 Å². The first-order valence-electron chi connectivity index (χ1n) is 9.44. The molecule has 1 aliphatic carbocycles. The van der Waals surface area contributed by atoms with Crippen LogP contribution in [0.5, 0.6) is 17.2 Å². The summed E-state index contributed by atoms with van der Waals surface area (Å²) in [4.78, 5) is 17.7. The van der Waals surface area contributed by atoms with Crippen LogP contribution in [-0.4, -0.2) is 36.2 Å². The van der Waals surface area contributed by atoms with Crippen molar-refractivity contribution in [2.45, 2.75) is 43.9 Å². The van der Waals surface area contributed by atoms with E-state index in [9.17, 15) is 4.79 Å². The Labute approximate surface area is 168 Å². The molecule has 4 rings (SSSR count). The second-order valence-electron chi connectivity index (χ2n) is 7.04. The molecule has 1 aromatic heterocycles. The highest BCUT2D eigenvalue weighted by Crippen LogP contribution is 2.51. The summed E-state index contributed by atoms with van der Waals surface area (Å²) in [6.07, 6.45) is 4.51. The number of aromatic nitrogens is 2. The summed E-state index contributed by atoms with van der Waals surface area (Å²) in [6, 6.07) is 4.09. The molecule has 7 nitrogen and oxygen atoms in total. The minimum Gasteiger partial charge on any atom is -0.493 e. The highest BCUT2D eigenvalue weighted by atomic mass is 32.2. The highest BCUT2D eigenvalue weighted by Gasteiger charge is 2.35. The van der Waals surface area contributed by atoms with Gasteiger partial charge in [-0.25, -0.2) is 4.99 Å². The fourth-order valence-electron chi connectivity index (χ4n) is 4.19. The number of aliphatic imine (C=N–C) groups is 1. The summed E-state index contributed by atoms with van der Waals surface area (Å²) in [6.45, 7) is 1.98. The van der Waals surface area contributed by atoms with Gasteiger partial charge in [-0.15, -0.1) is 0 Å². The molecule has 1 aromatic carbocycles. The predicted molar refractivity (Wildman–Crippen MR) is 111 cm³/mol. The lowest BCUT2D eigenvalue weighted by atomic mass is 10.0. The van der Waals surface area contributed by atoms with Crippen molar-refractivity contribution >= 4 is 22.6 Å². The molecule has 2 heterocycles. The Hall–Kier alpha value is -2.35. The molecule has 8 heteroatoms. The largest absolute Gasteiger partial charge is 0.493 e. The van der Waals surface area contributed by atoms with E-state index in [0.717, 1.165) is 29.3 Å². The molecule has 0 radical (unpaired) electrons. The van der Waals surface area contributed by atoms with Crippen molar-refractivity contribution in [2.75, 3.05) is 21.3 Å². The standard InChI is InChI=1S/C20H25N3O4S/c1-11-21-19-15(20(24)22-23(19)12-7-5-6-8-12)18(28-11)13-9-10-14(25-2)17(27-4)16(13)26-3/h9-10,12,18H,5-8H2,1-4H3,(H,22,24)/t18-/m0/s1. The molecule has 1 fully saturated rings. The van der Waals surface area contributed by atoms with Crippen LogP contribution in [0.2, 0.25) is 0 Å². The Kier molecular flexibility index (Phi) is 5.14. The van der Waals surface area contributed by atoms with Crippen LogP contribution in [0.1, 0.15) is 55.0 Å². The smallest absolute Gasteiger partial charge is 0.271 e. The number of nitrogens with zero attached hydrogens (tertiary/aromatic N) is 2. The molecule has 150 valence electrons. The minimum absolute atomic E-state index is 0.0903. The van der Waals surface area contributed by atoms with E-state index in [1.165, 1.54) is 12.8 Å². The zero-order valence-electron chi connectivity index (χ0n) is 16.6. The van der Waals surface area contributed by atoms with Crippen molar-refractivity contribution in [3.05, 3.63) is 33.6 Å². The van der Waals surface area contributed by atoms with Crippen LogP contribution in [0.15, 0.2) is 21.9 Å². The number of nitrogens with one attached hydrogen (secondary N) is 1. The summed E-state index contributed by atoms with van der Waals surface area (Å²) in [7, 11) is 4.78. The minimum atomic E-state index is -0.228. The van der Waals surface area contributed by atoms with Crippen LogP contribution in [0.25, 0.3) is 0 Å².